The largest absolute Gasteiger partial charge is 0.445 e. The van der Waals surface area contributed by atoms with Crippen LogP contribution in [0.5, 0.6) is 0 Å². The molecule has 3 aromatic carbocycles. The summed E-state index contributed by atoms with van der Waals surface area (Å²) >= 11 is 1.86. The van der Waals surface area contributed by atoms with Crippen molar-refractivity contribution in [3.05, 3.63) is 120 Å². The van der Waals surface area contributed by atoms with Crippen LogP contribution in [0.25, 0.3) is 0 Å². The van der Waals surface area contributed by atoms with Crippen molar-refractivity contribution in [2.45, 2.75) is 107 Å². The van der Waals surface area contributed by atoms with Crippen LogP contribution in [0, 0.1) is 5.92 Å². The fraction of sp³-hybridized carbons (Fsp3) is 0.500. The lowest BCUT2D eigenvalue weighted by atomic mass is 9.84. The molecule has 0 aliphatic carbocycles. The molecule has 1 aliphatic heterocycles. The van der Waals surface area contributed by atoms with Crippen molar-refractivity contribution in [1.29, 1.82) is 0 Å². The maximum absolute atomic E-state index is 13.7. The third-order valence-corrected chi connectivity index (χ3v) is 16.7. The lowest BCUT2D eigenvalue weighted by Gasteiger charge is -2.38. The summed E-state index contributed by atoms with van der Waals surface area (Å²) in [5, 5.41) is 13.9. The average Bonchev–Trinajstić information content (AvgIpc) is 3.53. The Balaban J connectivity index is 1.66. The minimum atomic E-state index is -2.15. The first-order chi connectivity index (χ1) is 25.5. The van der Waals surface area contributed by atoms with E-state index in [1.54, 1.807) is 6.08 Å². The van der Waals surface area contributed by atoms with Crippen molar-refractivity contribution >= 4 is 32.3 Å². The Morgan fingerprint density at radius 1 is 0.926 bits per heavy atom. The van der Waals surface area contributed by atoms with Gasteiger partial charge in [-0.25, -0.2) is 9.59 Å². The van der Waals surface area contributed by atoms with Gasteiger partial charge in [0.1, 0.15) is 12.2 Å². The van der Waals surface area contributed by atoms with E-state index in [1.807, 2.05) is 55.6 Å². The van der Waals surface area contributed by atoms with Gasteiger partial charge in [-0.05, 0) is 80.8 Å². The third kappa shape index (κ3) is 11.5. The second-order valence-electron chi connectivity index (χ2n) is 16.9. The molecular weight excluding hydrogens is 713 g/mol. The first-order valence-corrected chi connectivity index (χ1v) is 22.9. The second kappa shape index (κ2) is 18.8. The third-order valence-electron chi connectivity index (χ3n) is 10.5. The van der Waals surface area contributed by atoms with Gasteiger partial charge in [-0.1, -0.05) is 124 Å². The van der Waals surface area contributed by atoms with Crippen LogP contribution in [0.1, 0.15) is 77.5 Å². The van der Waals surface area contributed by atoms with E-state index in [0.717, 1.165) is 16.7 Å². The van der Waals surface area contributed by atoms with Crippen molar-refractivity contribution in [3.8, 4) is 0 Å². The number of aliphatic hydroxyl groups excluding tert-OH is 1. The number of ether oxygens (including phenoxy) is 2. The van der Waals surface area contributed by atoms with Crippen LogP contribution >= 0.6 is 11.8 Å². The molecule has 54 heavy (non-hydrogen) atoms. The number of thioether (sulfide) groups is 1. The molecule has 294 valence electrons. The SMILES string of the molecule is C=CCOC(=O)N1C[C@@H](SC(c2ccccc2)(c2ccccc2)c2ccccc2)C[C@H]1CC(CO)C[C@@H](CO[Si](C)(C)C(C)(C)C)NC(=O)OC(C)(C)C. The molecule has 0 saturated carbocycles. The number of alkyl carbamates (subject to hydrolysis) is 1. The Hall–Kier alpha value is -3.57. The number of likely N-dealkylation sites (tertiary alicyclic amines) is 1. The van der Waals surface area contributed by atoms with Crippen molar-refractivity contribution in [3.63, 3.8) is 0 Å². The first kappa shape index (κ1) is 43.2. The molecular formula is C44H62N2O6SSi. The number of amides is 2. The van der Waals surface area contributed by atoms with Gasteiger partial charge in [-0.15, -0.1) is 11.8 Å². The van der Waals surface area contributed by atoms with Crippen LogP contribution in [0.3, 0.4) is 0 Å². The fourth-order valence-electron chi connectivity index (χ4n) is 6.79. The zero-order valence-corrected chi connectivity index (χ0v) is 35.4. The summed E-state index contributed by atoms with van der Waals surface area (Å²) in [6.45, 7) is 20.9. The molecule has 10 heteroatoms. The summed E-state index contributed by atoms with van der Waals surface area (Å²) in [6.07, 6.45) is 2.34. The first-order valence-electron chi connectivity index (χ1n) is 19.1. The summed E-state index contributed by atoms with van der Waals surface area (Å²) in [4.78, 5) is 28.6. The molecule has 0 aromatic heterocycles. The van der Waals surface area contributed by atoms with E-state index in [-0.39, 0.29) is 35.5 Å². The van der Waals surface area contributed by atoms with E-state index in [4.69, 9.17) is 13.9 Å². The van der Waals surface area contributed by atoms with Crippen molar-refractivity contribution in [2.24, 2.45) is 5.92 Å². The smallest absolute Gasteiger partial charge is 0.410 e. The highest BCUT2D eigenvalue weighted by Gasteiger charge is 2.45. The monoisotopic (exact) mass is 774 g/mol. The topological polar surface area (TPSA) is 97.3 Å². The van der Waals surface area contributed by atoms with E-state index in [1.165, 1.54) is 0 Å². The summed E-state index contributed by atoms with van der Waals surface area (Å²) in [5.74, 6) is -0.237. The molecule has 8 nitrogen and oxygen atoms in total. The lowest BCUT2D eigenvalue weighted by Crippen LogP contribution is -2.48. The molecule has 1 saturated heterocycles. The van der Waals surface area contributed by atoms with Crippen LogP contribution in [0.2, 0.25) is 18.1 Å². The number of nitrogens with one attached hydrogen (secondary N) is 1. The molecule has 2 N–H and O–H groups in total. The number of benzene rings is 3. The van der Waals surface area contributed by atoms with Crippen LogP contribution in [-0.4, -0.2) is 79.8 Å². The van der Waals surface area contributed by atoms with Crippen molar-refractivity contribution < 1.29 is 28.6 Å². The van der Waals surface area contributed by atoms with Gasteiger partial charge < -0.3 is 29.2 Å². The number of carbonyl (C=O) groups excluding carboxylic acids is 2. The van der Waals surface area contributed by atoms with Gasteiger partial charge in [0, 0.05) is 24.4 Å². The predicted molar refractivity (Wildman–Crippen MR) is 223 cm³/mol. The van der Waals surface area contributed by atoms with E-state index in [0.29, 0.717) is 32.4 Å². The number of hydrogen-bond acceptors (Lipinski definition) is 7. The van der Waals surface area contributed by atoms with E-state index in [2.05, 4.69) is 119 Å². The van der Waals surface area contributed by atoms with Crippen molar-refractivity contribution in [1.82, 2.24) is 10.2 Å². The molecule has 0 radical (unpaired) electrons. The molecule has 1 fully saturated rings. The molecule has 0 bridgehead atoms. The maximum Gasteiger partial charge on any atom is 0.410 e. The van der Waals surface area contributed by atoms with Gasteiger partial charge >= 0.3 is 12.2 Å². The second-order valence-corrected chi connectivity index (χ2v) is 23.2. The number of nitrogens with zero attached hydrogens (tertiary/aromatic N) is 1. The van der Waals surface area contributed by atoms with Gasteiger partial charge in [0.15, 0.2) is 8.32 Å². The van der Waals surface area contributed by atoms with E-state index >= 15 is 0 Å². The van der Waals surface area contributed by atoms with Crippen molar-refractivity contribution in [2.75, 3.05) is 26.4 Å². The Bertz CT molecular complexity index is 1530. The molecule has 1 unspecified atom stereocenters. The lowest BCUT2D eigenvalue weighted by molar-refractivity contribution is 0.0463. The molecule has 4 rings (SSSR count). The number of aliphatic hydroxyl groups is 1. The van der Waals surface area contributed by atoms with Crippen LogP contribution in [0.15, 0.2) is 104 Å². The standard InChI is InChI=1S/C44H62N2O6SSi/c1-10-26-50-41(49)46-30-39(53-44(34-20-14-11-15-21-34,35-22-16-12-17-23-35)36-24-18-13-19-25-36)29-38(46)28-33(31-47)27-37(45-40(48)52-42(2,3)4)32-51-54(8,9)43(5,6)7/h10-25,33,37-39,47H,1,26-32H2,2-9H3,(H,45,48)/t33?,37-,38+,39-/m0/s1. The Kier molecular flexibility index (Phi) is 15.1. The van der Waals surface area contributed by atoms with Gasteiger partial charge in [-0.3, -0.25) is 0 Å². The minimum Gasteiger partial charge on any atom is -0.445 e. The molecule has 0 spiro atoms. The van der Waals surface area contributed by atoms with Gasteiger partial charge in [0.05, 0.1) is 17.4 Å². The highest BCUT2D eigenvalue weighted by atomic mass is 32.2. The minimum absolute atomic E-state index is 0.0167. The Labute approximate surface area is 329 Å². The summed E-state index contributed by atoms with van der Waals surface area (Å²) in [6, 6.07) is 31.1. The average molecular weight is 775 g/mol. The van der Waals surface area contributed by atoms with Crippen LogP contribution in [0.4, 0.5) is 9.59 Å². The molecule has 3 aromatic rings. The maximum atomic E-state index is 13.7. The zero-order chi connectivity index (χ0) is 39.6. The van der Waals surface area contributed by atoms with Gasteiger partial charge in [0.25, 0.3) is 0 Å². The zero-order valence-electron chi connectivity index (χ0n) is 33.5. The quantitative estimate of drug-likeness (QED) is 0.0850. The van der Waals surface area contributed by atoms with E-state index in [9.17, 15) is 14.7 Å². The van der Waals surface area contributed by atoms with Crippen LogP contribution in [-0.2, 0) is 18.6 Å². The van der Waals surface area contributed by atoms with Crippen LogP contribution < -0.4 is 5.32 Å². The highest BCUT2D eigenvalue weighted by molar-refractivity contribution is 8.01. The Morgan fingerprint density at radius 3 is 1.89 bits per heavy atom. The molecule has 1 heterocycles. The summed E-state index contributed by atoms with van der Waals surface area (Å²) in [7, 11) is -2.15. The molecule has 2 amide bonds. The van der Waals surface area contributed by atoms with E-state index < -0.39 is 36.9 Å². The number of hydrogen-bond donors (Lipinski definition) is 2. The summed E-state index contributed by atoms with van der Waals surface area (Å²) < 4.78 is 17.3. The number of rotatable bonds is 16. The van der Waals surface area contributed by atoms with Gasteiger partial charge in [0.2, 0.25) is 0 Å². The normalized spacial score (nSPS) is 17.8. The molecule has 1 aliphatic rings. The molecule has 4 atom stereocenters. The predicted octanol–water partition coefficient (Wildman–Crippen LogP) is 9.78. The van der Waals surface area contributed by atoms with Gasteiger partial charge in [-0.2, -0.15) is 0 Å². The Morgan fingerprint density at radius 2 is 1.44 bits per heavy atom. The fourth-order valence-corrected chi connectivity index (χ4v) is 9.71. The number of carbonyl (C=O) groups is 2. The summed E-state index contributed by atoms with van der Waals surface area (Å²) in [5.41, 5.74) is 2.80. The highest BCUT2D eigenvalue weighted by Crippen LogP contribution is 2.52.